The van der Waals surface area contributed by atoms with Crippen molar-refractivity contribution < 1.29 is 17.9 Å². The van der Waals surface area contributed by atoms with Crippen LogP contribution in [-0.2, 0) is 9.84 Å². The number of carbonyl (C=O) groups excluding carboxylic acids is 1. The van der Waals surface area contributed by atoms with Crippen molar-refractivity contribution in [2.75, 3.05) is 24.7 Å². The molecule has 0 saturated carbocycles. The van der Waals surface area contributed by atoms with Crippen molar-refractivity contribution in [3.63, 3.8) is 0 Å². The summed E-state index contributed by atoms with van der Waals surface area (Å²) in [6.07, 6.45) is 1.35. The maximum absolute atomic E-state index is 12.0. The van der Waals surface area contributed by atoms with E-state index in [1.807, 2.05) is 24.3 Å². The standard InChI is InChI=1S/C15H20N2O4S/c18-15(16-9-11-6-8-22(19,20)10-11)17-13-5-7-21-14-4-2-1-3-12(13)14/h1-4,11,13H,5-10H2,(H2,16,17,18)/t11-,13+/m0/s1. The lowest BCUT2D eigenvalue weighted by molar-refractivity contribution is 0.222. The number of urea groups is 1. The highest BCUT2D eigenvalue weighted by atomic mass is 32.2. The lowest BCUT2D eigenvalue weighted by atomic mass is 10.0. The van der Waals surface area contributed by atoms with Crippen LogP contribution in [0.25, 0.3) is 0 Å². The molecule has 3 rings (SSSR count). The fraction of sp³-hybridized carbons (Fsp3) is 0.533. The van der Waals surface area contributed by atoms with Gasteiger partial charge >= 0.3 is 6.03 Å². The van der Waals surface area contributed by atoms with Crippen molar-refractivity contribution in [2.24, 2.45) is 5.92 Å². The zero-order chi connectivity index (χ0) is 15.6. The summed E-state index contributed by atoms with van der Waals surface area (Å²) in [5, 5.41) is 5.73. The van der Waals surface area contributed by atoms with Crippen LogP contribution in [0.3, 0.4) is 0 Å². The number of hydrogen-bond acceptors (Lipinski definition) is 4. The summed E-state index contributed by atoms with van der Waals surface area (Å²) in [7, 11) is -2.90. The molecule has 0 aromatic heterocycles. The van der Waals surface area contributed by atoms with Crippen molar-refractivity contribution in [1.29, 1.82) is 0 Å². The summed E-state index contributed by atoms with van der Waals surface area (Å²) in [6.45, 7) is 0.971. The summed E-state index contributed by atoms with van der Waals surface area (Å²) in [5.74, 6) is 1.24. The molecule has 2 atom stereocenters. The molecule has 22 heavy (non-hydrogen) atoms. The molecular formula is C15H20N2O4S. The Bertz CT molecular complexity index is 659. The largest absolute Gasteiger partial charge is 0.493 e. The minimum atomic E-state index is -2.90. The normalized spacial score (nSPS) is 25.8. The predicted octanol–water partition coefficient (Wildman–Crippen LogP) is 1.24. The van der Waals surface area contributed by atoms with E-state index in [1.54, 1.807) is 0 Å². The average molecular weight is 324 g/mol. The van der Waals surface area contributed by atoms with Crippen LogP contribution in [0.1, 0.15) is 24.4 Å². The van der Waals surface area contributed by atoms with Gasteiger partial charge in [0, 0.05) is 18.5 Å². The second-order valence-corrected chi connectivity index (χ2v) is 8.08. The van der Waals surface area contributed by atoms with E-state index in [2.05, 4.69) is 10.6 Å². The fourth-order valence-corrected chi connectivity index (χ4v) is 4.83. The van der Waals surface area contributed by atoms with E-state index in [1.165, 1.54) is 0 Å². The molecule has 120 valence electrons. The Morgan fingerprint density at radius 3 is 2.86 bits per heavy atom. The number of para-hydroxylation sites is 1. The Labute approximate surface area is 130 Å². The first kappa shape index (κ1) is 15.1. The van der Waals surface area contributed by atoms with Gasteiger partial charge in [-0.05, 0) is 18.4 Å². The number of fused-ring (bicyclic) bond motifs is 1. The molecule has 0 spiro atoms. The van der Waals surface area contributed by atoms with Gasteiger partial charge in [0.05, 0.1) is 24.2 Å². The number of amides is 2. The molecule has 2 heterocycles. The smallest absolute Gasteiger partial charge is 0.315 e. The predicted molar refractivity (Wildman–Crippen MR) is 82.6 cm³/mol. The van der Waals surface area contributed by atoms with E-state index in [0.29, 0.717) is 19.6 Å². The molecule has 7 heteroatoms. The number of carbonyl (C=O) groups is 1. The molecule has 1 fully saturated rings. The highest BCUT2D eigenvalue weighted by Gasteiger charge is 2.28. The van der Waals surface area contributed by atoms with Gasteiger partial charge in [0.1, 0.15) is 5.75 Å². The van der Waals surface area contributed by atoms with Crippen molar-refractivity contribution >= 4 is 15.9 Å². The van der Waals surface area contributed by atoms with E-state index < -0.39 is 9.84 Å². The average Bonchev–Trinajstić information content (AvgIpc) is 2.85. The first-order chi connectivity index (χ1) is 10.5. The summed E-state index contributed by atoms with van der Waals surface area (Å²) in [6, 6.07) is 7.34. The maximum atomic E-state index is 12.0. The Morgan fingerprint density at radius 1 is 1.27 bits per heavy atom. The molecule has 6 nitrogen and oxygen atoms in total. The van der Waals surface area contributed by atoms with Gasteiger partial charge in [-0.2, -0.15) is 0 Å². The molecule has 0 unspecified atom stereocenters. The molecule has 2 aliphatic heterocycles. The number of benzene rings is 1. The van der Waals surface area contributed by atoms with Gasteiger partial charge in [0.25, 0.3) is 0 Å². The lowest BCUT2D eigenvalue weighted by Gasteiger charge is -2.26. The molecule has 0 radical (unpaired) electrons. The quantitative estimate of drug-likeness (QED) is 0.876. The molecular weight excluding hydrogens is 304 g/mol. The van der Waals surface area contributed by atoms with Crippen LogP contribution in [0.5, 0.6) is 5.75 Å². The van der Waals surface area contributed by atoms with E-state index >= 15 is 0 Å². The Kier molecular flexibility index (Phi) is 4.24. The molecule has 1 saturated heterocycles. The van der Waals surface area contributed by atoms with E-state index in [9.17, 15) is 13.2 Å². The second-order valence-electron chi connectivity index (χ2n) is 5.85. The maximum Gasteiger partial charge on any atom is 0.315 e. The van der Waals surface area contributed by atoms with Crippen molar-refractivity contribution in [1.82, 2.24) is 10.6 Å². The highest BCUT2D eigenvalue weighted by molar-refractivity contribution is 7.91. The Hall–Kier alpha value is -1.76. The number of hydrogen-bond donors (Lipinski definition) is 2. The number of sulfone groups is 1. The van der Waals surface area contributed by atoms with Gasteiger partial charge in [0.15, 0.2) is 9.84 Å². The second kappa shape index (κ2) is 6.16. The Morgan fingerprint density at radius 2 is 2.09 bits per heavy atom. The van der Waals surface area contributed by atoms with E-state index in [-0.39, 0.29) is 29.5 Å². The van der Waals surface area contributed by atoms with Crippen LogP contribution in [-0.4, -0.2) is 39.1 Å². The molecule has 2 aliphatic rings. The van der Waals surface area contributed by atoms with Gasteiger partial charge in [-0.1, -0.05) is 18.2 Å². The highest BCUT2D eigenvalue weighted by Crippen LogP contribution is 2.31. The molecule has 2 N–H and O–H groups in total. The lowest BCUT2D eigenvalue weighted by Crippen LogP contribution is -2.41. The topological polar surface area (TPSA) is 84.5 Å². The zero-order valence-electron chi connectivity index (χ0n) is 12.2. The third-order valence-electron chi connectivity index (χ3n) is 4.14. The third-order valence-corrected chi connectivity index (χ3v) is 5.98. The summed E-state index contributed by atoms with van der Waals surface area (Å²) < 4.78 is 28.4. The van der Waals surface area contributed by atoms with Crippen LogP contribution >= 0.6 is 0 Å². The molecule has 0 bridgehead atoms. The summed E-state index contributed by atoms with van der Waals surface area (Å²) in [5.41, 5.74) is 0.979. The molecule has 1 aromatic carbocycles. The summed E-state index contributed by atoms with van der Waals surface area (Å²) in [4.78, 5) is 12.0. The molecule has 0 aliphatic carbocycles. The van der Waals surface area contributed by atoms with Gasteiger partial charge in [-0.3, -0.25) is 0 Å². The SMILES string of the molecule is O=C(NC[C@@H]1CCS(=O)(=O)C1)N[C@@H]1CCOc2ccccc21. The monoisotopic (exact) mass is 324 g/mol. The number of ether oxygens (including phenoxy) is 1. The first-order valence-corrected chi connectivity index (χ1v) is 9.32. The minimum absolute atomic E-state index is 0.0257. The van der Waals surface area contributed by atoms with Gasteiger partial charge < -0.3 is 15.4 Å². The van der Waals surface area contributed by atoms with Crippen molar-refractivity contribution in [3.8, 4) is 5.75 Å². The number of rotatable bonds is 3. The van der Waals surface area contributed by atoms with E-state index in [4.69, 9.17) is 4.74 Å². The number of nitrogens with one attached hydrogen (secondary N) is 2. The van der Waals surface area contributed by atoms with Crippen LogP contribution in [0.15, 0.2) is 24.3 Å². The van der Waals surface area contributed by atoms with E-state index in [0.717, 1.165) is 17.7 Å². The van der Waals surface area contributed by atoms with Gasteiger partial charge in [-0.15, -0.1) is 0 Å². The van der Waals surface area contributed by atoms with Gasteiger partial charge in [0.2, 0.25) is 0 Å². The van der Waals surface area contributed by atoms with Crippen LogP contribution in [0, 0.1) is 5.92 Å². The molecule has 1 aromatic rings. The fourth-order valence-electron chi connectivity index (χ4n) is 2.97. The minimum Gasteiger partial charge on any atom is -0.493 e. The summed E-state index contributed by atoms with van der Waals surface area (Å²) >= 11 is 0. The zero-order valence-corrected chi connectivity index (χ0v) is 13.1. The van der Waals surface area contributed by atoms with Gasteiger partial charge in [-0.25, -0.2) is 13.2 Å². The first-order valence-electron chi connectivity index (χ1n) is 7.50. The van der Waals surface area contributed by atoms with Crippen molar-refractivity contribution in [2.45, 2.75) is 18.9 Å². The third kappa shape index (κ3) is 3.52. The Balaban J connectivity index is 1.53. The van der Waals surface area contributed by atoms with Crippen molar-refractivity contribution in [3.05, 3.63) is 29.8 Å². The van der Waals surface area contributed by atoms with Crippen LogP contribution in [0.2, 0.25) is 0 Å². The molecule has 2 amide bonds. The van der Waals surface area contributed by atoms with Crippen LogP contribution < -0.4 is 15.4 Å². The van der Waals surface area contributed by atoms with Crippen LogP contribution in [0.4, 0.5) is 4.79 Å².